The van der Waals surface area contributed by atoms with Gasteiger partial charge in [0.05, 0.1) is 16.9 Å². The van der Waals surface area contributed by atoms with Gasteiger partial charge in [0, 0.05) is 5.56 Å². The number of thiocarbonyl (C=S) groups is 1. The van der Waals surface area contributed by atoms with Crippen molar-refractivity contribution in [2.45, 2.75) is 6.18 Å². The highest BCUT2D eigenvalue weighted by molar-refractivity contribution is 7.81. The average molecular weight is 296 g/mol. The summed E-state index contributed by atoms with van der Waals surface area (Å²) in [5, 5.41) is 2.91. The Morgan fingerprint density at radius 1 is 1.00 bits per heavy atom. The van der Waals surface area contributed by atoms with Gasteiger partial charge >= 0.3 is 6.18 Å². The lowest BCUT2D eigenvalue weighted by Crippen LogP contribution is -2.12. The van der Waals surface area contributed by atoms with Crippen molar-refractivity contribution in [2.24, 2.45) is 0 Å². The molecule has 2 rings (SSSR count). The molecule has 0 aliphatic carbocycles. The van der Waals surface area contributed by atoms with E-state index in [0.717, 1.165) is 12.1 Å². The molecule has 2 aromatic rings. The van der Waals surface area contributed by atoms with Gasteiger partial charge in [0.25, 0.3) is 0 Å². The highest BCUT2D eigenvalue weighted by atomic mass is 32.1. The van der Waals surface area contributed by atoms with E-state index in [1.54, 1.807) is 24.3 Å². The third-order valence-electron chi connectivity index (χ3n) is 2.68. The first-order valence-electron chi connectivity index (χ1n) is 5.71. The molecule has 0 fully saturated rings. The van der Waals surface area contributed by atoms with Gasteiger partial charge in [0.15, 0.2) is 0 Å². The maximum atomic E-state index is 12.5. The lowest BCUT2D eigenvalue weighted by Gasteiger charge is -2.11. The predicted molar refractivity (Wildman–Crippen MR) is 77.6 cm³/mol. The second-order valence-corrected chi connectivity index (χ2v) is 4.52. The van der Waals surface area contributed by atoms with Crippen molar-refractivity contribution < 1.29 is 13.2 Å². The fourth-order valence-electron chi connectivity index (χ4n) is 1.62. The van der Waals surface area contributed by atoms with E-state index in [1.807, 2.05) is 0 Å². The lowest BCUT2D eigenvalue weighted by molar-refractivity contribution is -0.137. The first-order chi connectivity index (χ1) is 9.38. The van der Waals surface area contributed by atoms with Crippen LogP contribution in [0.15, 0.2) is 48.5 Å². The van der Waals surface area contributed by atoms with Gasteiger partial charge in [-0.15, -0.1) is 0 Å². The minimum Gasteiger partial charge on any atom is -0.397 e. The lowest BCUT2D eigenvalue weighted by atomic mass is 10.1. The Kier molecular flexibility index (Phi) is 3.94. The van der Waals surface area contributed by atoms with Crippen LogP contribution in [0, 0.1) is 0 Å². The first kappa shape index (κ1) is 14.3. The van der Waals surface area contributed by atoms with Crippen LogP contribution in [0.25, 0.3) is 0 Å². The normalized spacial score (nSPS) is 11.2. The number of nitrogens with one attached hydrogen (secondary N) is 1. The number of benzene rings is 2. The summed E-state index contributed by atoms with van der Waals surface area (Å²) >= 11 is 5.15. The van der Waals surface area contributed by atoms with Crippen LogP contribution in [0.5, 0.6) is 0 Å². The van der Waals surface area contributed by atoms with E-state index in [-0.39, 0.29) is 0 Å². The zero-order valence-corrected chi connectivity index (χ0v) is 11.1. The Morgan fingerprint density at radius 2 is 1.60 bits per heavy atom. The van der Waals surface area contributed by atoms with Crippen LogP contribution in [-0.4, -0.2) is 4.99 Å². The average Bonchev–Trinajstić information content (AvgIpc) is 2.40. The summed E-state index contributed by atoms with van der Waals surface area (Å²) in [6.07, 6.45) is -4.35. The minimum atomic E-state index is -4.35. The number of alkyl halides is 3. The number of anilines is 2. The number of para-hydroxylation sites is 2. The van der Waals surface area contributed by atoms with E-state index in [4.69, 9.17) is 18.0 Å². The van der Waals surface area contributed by atoms with Crippen molar-refractivity contribution in [3.63, 3.8) is 0 Å². The zero-order chi connectivity index (χ0) is 14.8. The summed E-state index contributed by atoms with van der Waals surface area (Å²) in [5.74, 6) is 0. The van der Waals surface area contributed by atoms with E-state index < -0.39 is 11.7 Å². The molecule has 0 aliphatic heterocycles. The Bertz CT molecular complexity index is 621. The molecule has 0 saturated heterocycles. The molecule has 0 amide bonds. The van der Waals surface area contributed by atoms with Crippen molar-refractivity contribution in [1.82, 2.24) is 0 Å². The Balaban J connectivity index is 2.16. The quantitative estimate of drug-likeness (QED) is 0.648. The molecule has 0 saturated carbocycles. The molecule has 2 aromatic carbocycles. The van der Waals surface area contributed by atoms with Crippen LogP contribution < -0.4 is 11.1 Å². The molecule has 0 aliphatic rings. The number of hydrogen-bond donors (Lipinski definition) is 2. The van der Waals surface area contributed by atoms with E-state index in [2.05, 4.69) is 5.32 Å². The zero-order valence-electron chi connectivity index (χ0n) is 10.2. The van der Waals surface area contributed by atoms with Crippen LogP contribution in [0.3, 0.4) is 0 Å². The van der Waals surface area contributed by atoms with Crippen LogP contribution in [0.2, 0.25) is 0 Å². The van der Waals surface area contributed by atoms with Gasteiger partial charge in [-0.05, 0) is 24.3 Å². The van der Waals surface area contributed by atoms with Crippen molar-refractivity contribution in [3.8, 4) is 0 Å². The maximum Gasteiger partial charge on any atom is 0.416 e. The number of halogens is 3. The van der Waals surface area contributed by atoms with Gasteiger partial charge in [0.1, 0.15) is 4.99 Å². The van der Waals surface area contributed by atoms with Gasteiger partial charge in [-0.1, -0.05) is 36.5 Å². The van der Waals surface area contributed by atoms with Gasteiger partial charge in [-0.25, -0.2) is 0 Å². The van der Waals surface area contributed by atoms with Crippen LogP contribution in [0.1, 0.15) is 11.1 Å². The SMILES string of the molecule is Nc1ccccc1NC(=S)c1ccc(C(F)(F)F)cc1. The van der Waals surface area contributed by atoms with E-state index in [1.165, 1.54) is 12.1 Å². The van der Waals surface area contributed by atoms with Crippen LogP contribution in [0.4, 0.5) is 24.5 Å². The molecular weight excluding hydrogens is 285 g/mol. The summed E-state index contributed by atoms with van der Waals surface area (Å²) in [4.78, 5) is 0.316. The fourth-order valence-corrected chi connectivity index (χ4v) is 1.86. The van der Waals surface area contributed by atoms with Gasteiger partial charge in [0.2, 0.25) is 0 Å². The largest absolute Gasteiger partial charge is 0.416 e. The number of nitrogens with two attached hydrogens (primary N) is 1. The molecule has 0 atom stereocenters. The Hall–Kier alpha value is -2.08. The van der Waals surface area contributed by atoms with Crippen LogP contribution >= 0.6 is 12.2 Å². The molecule has 6 heteroatoms. The molecule has 3 N–H and O–H groups in total. The van der Waals surface area contributed by atoms with Crippen molar-refractivity contribution >= 4 is 28.6 Å². The molecule has 2 nitrogen and oxygen atoms in total. The molecule has 0 heterocycles. The van der Waals surface area contributed by atoms with E-state index in [9.17, 15) is 13.2 Å². The first-order valence-corrected chi connectivity index (χ1v) is 6.12. The minimum absolute atomic E-state index is 0.316. The molecule has 0 spiro atoms. The molecular formula is C14H11F3N2S. The topological polar surface area (TPSA) is 38.0 Å². The van der Waals surface area contributed by atoms with Gasteiger partial charge < -0.3 is 11.1 Å². The fraction of sp³-hybridized carbons (Fsp3) is 0.0714. The Labute approximate surface area is 119 Å². The standard InChI is InChI=1S/C14H11F3N2S/c15-14(16,17)10-7-5-9(6-8-10)13(20)19-12-4-2-1-3-11(12)18/h1-8H,18H2,(H,19,20). The molecule has 0 unspecified atom stereocenters. The van der Waals surface area contributed by atoms with Crippen molar-refractivity contribution in [1.29, 1.82) is 0 Å². The number of rotatable bonds is 2. The predicted octanol–water partition coefficient (Wildman–Crippen LogP) is 4.08. The second kappa shape index (κ2) is 5.50. The summed E-state index contributed by atoms with van der Waals surface area (Å²) in [5.41, 5.74) is 6.69. The Morgan fingerprint density at radius 3 is 2.15 bits per heavy atom. The van der Waals surface area contributed by atoms with Crippen molar-refractivity contribution in [2.75, 3.05) is 11.1 Å². The molecule has 20 heavy (non-hydrogen) atoms. The maximum absolute atomic E-state index is 12.5. The third-order valence-corrected chi connectivity index (χ3v) is 3.02. The molecule has 0 bridgehead atoms. The highest BCUT2D eigenvalue weighted by Gasteiger charge is 2.30. The molecule has 0 aromatic heterocycles. The summed E-state index contributed by atoms with van der Waals surface area (Å²) in [6, 6.07) is 11.7. The summed E-state index contributed by atoms with van der Waals surface area (Å²) in [7, 11) is 0. The molecule has 104 valence electrons. The molecule has 0 radical (unpaired) electrons. The third kappa shape index (κ3) is 3.27. The monoisotopic (exact) mass is 296 g/mol. The summed E-state index contributed by atoms with van der Waals surface area (Å²) < 4.78 is 37.4. The van der Waals surface area contributed by atoms with E-state index >= 15 is 0 Å². The number of hydrogen-bond acceptors (Lipinski definition) is 2. The highest BCUT2D eigenvalue weighted by Crippen LogP contribution is 2.29. The number of nitrogen functional groups attached to an aromatic ring is 1. The van der Waals surface area contributed by atoms with Gasteiger partial charge in [-0.2, -0.15) is 13.2 Å². The smallest absolute Gasteiger partial charge is 0.397 e. The van der Waals surface area contributed by atoms with Crippen molar-refractivity contribution in [3.05, 3.63) is 59.7 Å². The van der Waals surface area contributed by atoms with Crippen LogP contribution in [-0.2, 0) is 6.18 Å². The summed E-state index contributed by atoms with van der Waals surface area (Å²) in [6.45, 7) is 0. The van der Waals surface area contributed by atoms with Gasteiger partial charge in [-0.3, -0.25) is 0 Å². The van der Waals surface area contributed by atoms with E-state index in [0.29, 0.717) is 21.9 Å². The second-order valence-electron chi connectivity index (χ2n) is 4.12.